The highest BCUT2D eigenvalue weighted by atomic mass is 79.9. The SMILES string of the molecule is CCCn1ncc(Br)c1C(O)c1cccc2ccccc12. The molecule has 0 bridgehead atoms. The summed E-state index contributed by atoms with van der Waals surface area (Å²) < 4.78 is 2.72. The van der Waals surface area contributed by atoms with Gasteiger partial charge in [-0.1, -0.05) is 49.4 Å². The van der Waals surface area contributed by atoms with Crippen LogP contribution in [0.5, 0.6) is 0 Å². The topological polar surface area (TPSA) is 38.0 Å². The number of nitrogens with zero attached hydrogens (tertiary/aromatic N) is 2. The third kappa shape index (κ3) is 2.61. The van der Waals surface area contributed by atoms with E-state index in [0.29, 0.717) is 0 Å². The third-order valence-electron chi connectivity index (χ3n) is 3.65. The van der Waals surface area contributed by atoms with E-state index in [1.807, 2.05) is 35.0 Å². The molecule has 108 valence electrons. The van der Waals surface area contributed by atoms with Crippen molar-refractivity contribution in [3.8, 4) is 0 Å². The van der Waals surface area contributed by atoms with Gasteiger partial charge in [0.05, 0.1) is 16.4 Å². The Kier molecular flexibility index (Phi) is 4.08. The maximum Gasteiger partial charge on any atom is 0.122 e. The first-order valence-corrected chi connectivity index (χ1v) is 7.88. The highest BCUT2D eigenvalue weighted by Gasteiger charge is 2.20. The minimum Gasteiger partial charge on any atom is -0.382 e. The molecule has 0 amide bonds. The summed E-state index contributed by atoms with van der Waals surface area (Å²) in [6.45, 7) is 2.90. The maximum atomic E-state index is 10.9. The van der Waals surface area contributed by atoms with Gasteiger partial charge in [-0.2, -0.15) is 5.10 Å². The van der Waals surface area contributed by atoms with Gasteiger partial charge in [-0.3, -0.25) is 4.68 Å². The Labute approximate surface area is 132 Å². The van der Waals surface area contributed by atoms with Crippen LogP contribution in [0.4, 0.5) is 0 Å². The summed E-state index contributed by atoms with van der Waals surface area (Å²) in [5, 5.41) is 17.4. The molecule has 0 radical (unpaired) electrons. The Balaban J connectivity index is 2.13. The Morgan fingerprint density at radius 3 is 2.76 bits per heavy atom. The lowest BCUT2D eigenvalue weighted by Gasteiger charge is -2.16. The van der Waals surface area contributed by atoms with Crippen molar-refractivity contribution < 1.29 is 5.11 Å². The molecule has 1 heterocycles. The van der Waals surface area contributed by atoms with Crippen LogP contribution in [0.3, 0.4) is 0 Å². The highest BCUT2D eigenvalue weighted by Crippen LogP contribution is 2.32. The Morgan fingerprint density at radius 1 is 1.19 bits per heavy atom. The minimum atomic E-state index is -0.695. The number of hydrogen-bond acceptors (Lipinski definition) is 2. The van der Waals surface area contributed by atoms with Gasteiger partial charge in [0.2, 0.25) is 0 Å². The fraction of sp³-hybridized carbons (Fsp3) is 0.235. The van der Waals surface area contributed by atoms with Crippen LogP contribution in [0, 0.1) is 0 Å². The van der Waals surface area contributed by atoms with Crippen LogP contribution in [0.1, 0.15) is 30.7 Å². The van der Waals surface area contributed by atoms with Crippen molar-refractivity contribution in [2.45, 2.75) is 26.0 Å². The maximum absolute atomic E-state index is 10.9. The summed E-state index contributed by atoms with van der Waals surface area (Å²) in [5.74, 6) is 0. The Bertz CT molecular complexity index is 761. The van der Waals surface area contributed by atoms with Crippen molar-refractivity contribution >= 4 is 26.7 Å². The zero-order chi connectivity index (χ0) is 14.8. The smallest absolute Gasteiger partial charge is 0.122 e. The number of hydrogen-bond donors (Lipinski definition) is 1. The van der Waals surface area contributed by atoms with Crippen molar-refractivity contribution in [1.29, 1.82) is 0 Å². The molecule has 0 spiro atoms. The van der Waals surface area contributed by atoms with Crippen LogP contribution in [-0.2, 0) is 6.54 Å². The van der Waals surface area contributed by atoms with E-state index in [9.17, 15) is 5.11 Å². The molecule has 1 atom stereocenters. The van der Waals surface area contributed by atoms with Crippen LogP contribution >= 0.6 is 15.9 Å². The molecule has 0 aliphatic rings. The molecule has 0 fully saturated rings. The van der Waals surface area contributed by atoms with Crippen molar-refractivity contribution in [2.75, 3.05) is 0 Å². The molecule has 0 aliphatic carbocycles. The molecule has 21 heavy (non-hydrogen) atoms. The molecule has 0 aliphatic heterocycles. The molecule has 2 aromatic carbocycles. The number of benzene rings is 2. The first-order valence-electron chi connectivity index (χ1n) is 7.09. The van der Waals surface area contributed by atoms with Crippen molar-refractivity contribution in [3.63, 3.8) is 0 Å². The van der Waals surface area contributed by atoms with Gasteiger partial charge in [-0.05, 0) is 38.7 Å². The molecule has 3 aromatic rings. The standard InChI is InChI=1S/C17H17BrN2O/c1-2-10-20-16(15(18)11-19-20)17(21)14-9-5-7-12-6-3-4-8-13(12)14/h3-9,11,17,21H,2,10H2,1H3. The fourth-order valence-corrected chi connectivity index (χ4v) is 3.18. The van der Waals surface area contributed by atoms with Crippen molar-refractivity contribution in [1.82, 2.24) is 9.78 Å². The zero-order valence-electron chi connectivity index (χ0n) is 11.8. The summed E-state index contributed by atoms with van der Waals surface area (Å²) in [6, 6.07) is 14.1. The summed E-state index contributed by atoms with van der Waals surface area (Å²) in [7, 11) is 0. The van der Waals surface area contributed by atoms with Gasteiger partial charge in [-0.15, -0.1) is 0 Å². The van der Waals surface area contributed by atoms with Gasteiger partial charge in [0.25, 0.3) is 0 Å². The summed E-state index contributed by atoms with van der Waals surface area (Å²) >= 11 is 3.51. The average molecular weight is 345 g/mol. The van der Waals surface area contributed by atoms with Crippen molar-refractivity contribution in [2.24, 2.45) is 0 Å². The Morgan fingerprint density at radius 2 is 1.95 bits per heavy atom. The van der Waals surface area contributed by atoms with Crippen LogP contribution in [0.15, 0.2) is 53.1 Å². The number of aliphatic hydroxyl groups is 1. The van der Waals surface area contributed by atoms with E-state index in [1.54, 1.807) is 6.20 Å². The van der Waals surface area contributed by atoms with E-state index < -0.39 is 6.10 Å². The van der Waals surface area contributed by atoms with Crippen LogP contribution in [0.25, 0.3) is 10.8 Å². The van der Waals surface area contributed by atoms with Crippen LogP contribution < -0.4 is 0 Å². The summed E-state index contributed by atoms with van der Waals surface area (Å²) in [4.78, 5) is 0. The van der Waals surface area contributed by atoms with E-state index >= 15 is 0 Å². The summed E-state index contributed by atoms with van der Waals surface area (Å²) in [6.07, 6.45) is 2.03. The third-order valence-corrected chi connectivity index (χ3v) is 4.26. The van der Waals surface area contributed by atoms with Gasteiger partial charge in [0, 0.05) is 6.54 Å². The molecule has 3 rings (SSSR count). The van der Waals surface area contributed by atoms with E-state index in [0.717, 1.165) is 39.5 Å². The Hall–Kier alpha value is -1.65. The van der Waals surface area contributed by atoms with E-state index in [2.05, 4.69) is 40.1 Å². The minimum absolute atomic E-state index is 0.695. The second-order valence-corrected chi connectivity index (χ2v) is 5.93. The molecule has 4 heteroatoms. The predicted molar refractivity (Wildman–Crippen MR) is 88.2 cm³/mol. The van der Waals surface area contributed by atoms with Gasteiger partial charge in [0.1, 0.15) is 6.10 Å². The number of rotatable bonds is 4. The quantitative estimate of drug-likeness (QED) is 0.766. The van der Waals surface area contributed by atoms with Gasteiger partial charge < -0.3 is 5.11 Å². The second kappa shape index (κ2) is 6.00. The molecule has 0 saturated carbocycles. The number of aryl methyl sites for hydroxylation is 1. The van der Waals surface area contributed by atoms with Gasteiger partial charge in [0.15, 0.2) is 0 Å². The lowest BCUT2D eigenvalue weighted by molar-refractivity contribution is 0.208. The predicted octanol–water partition coefficient (Wildman–Crippen LogP) is 4.29. The van der Waals surface area contributed by atoms with E-state index in [4.69, 9.17) is 0 Å². The number of halogens is 1. The van der Waals surface area contributed by atoms with Crippen LogP contribution in [0.2, 0.25) is 0 Å². The first kappa shape index (κ1) is 14.3. The second-order valence-electron chi connectivity index (χ2n) is 5.07. The largest absolute Gasteiger partial charge is 0.382 e. The van der Waals surface area contributed by atoms with Crippen molar-refractivity contribution in [3.05, 3.63) is 64.4 Å². The summed E-state index contributed by atoms with van der Waals surface area (Å²) in [5.41, 5.74) is 1.72. The van der Waals surface area contributed by atoms with Gasteiger partial charge in [-0.25, -0.2) is 0 Å². The molecular weight excluding hydrogens is 328 g/mol. The first-order chi connectivity index (χ1) is 10.2. The monoisotopic (exact) mass is 344 g/mol. The number of fused-ring (bicyclic) bond motifs is 1. The van der Waals surface area contributed by atoms with Crippen LogP contribution in [-0.4, -0.2) is 14.9 Å². The lowest BCUT2D eigenvalue weighted by Crippen LogP contribution is -2.11. The lowest BCUT2D eigenvalue weighted by atomic mass is 9.98. The van der Waals surface area contributed by atoms with Gasteiger partial charge >= 0.3 is 0 Å². The molecule has 3 nitrogen and oxygen atoms in total. The average Bonchev–Trinajstić information content (AvgIpc) is 2.87. The van der Waals surface area contributed by atoms with E-state index in [1.165, 1.54) is 0 Å². The molecule has 1 N–H and O–H groups in total. The highest BCUT2D eigenvalue weighted by molar-refractivity contribution is 9.10. The van der Waals surface area contributed by atoms with E-state index in [-0.39, 0.29) is 0 Å². The molecule has 1 aromatic heterocycles. The molecule has 1 unspecified atom stereocenters. The number of aromatic nitrogens is 2. The molecular formula is C17H17BrN2O. The fourth-order valence-electron chi connectivity index (χ4n) is 2.67. The normalized spacial score (nSPS) is 12.7. The molecule has 0 saturated heterocycles. The zero-order valence-corrected chi connectivity index (χ0v) is 13.4. The number of aliphatic hydroxyl groups excluding tert-OH is 1.